The minimum Gasteiger partial charge on any atom is -0.341 e. The molecule has 4 heteroatoms. The molecular formula is C10H12ClN3. The number of hydrogen-bond acceptors (Lipinski definition) is 2. The number of aryl methyl sites for hydroxylation is 1. The van der Waals surface area contributed by atoms with E-state index in [4.69, 9.17) is 11.6 Å². The first-order chi connectivity index (χ1) is 6.72. The molecule has 1 aromatic carbocycles. The topological polar surface area (TPSA) is 40.7 Å². The molecule has 0 saturated heterocycles. The molecule has 0 unspecified atom stereocenters. The first kappa shape index (κ1) is 9.49. The Bertz CT molecular complexity index is 462. The molecule has 0 aliphatic rings. The molecule has 0 amide bonds. The van der Waals surface area contributed by atoms with Gasteiger partial charge in [0.25, 0.3) is 0 Å². The van der Waals surface area contributed by atoms with E-state index in [1.807, 2.05) is 26.1 Å². The Morgan fingerprint density at radius 2 is 2.29 bits per heavy atom. The van der Waals surface area contributed by atoms with Crippen LogP contribution in [0.4, 0.5) is 0 Å². The summed E-state index contributed by atoms with van der Waals surface area (Å²) in [4.78, 5) is 7.69. The lowest BCUT2D eigenvalue weighted by molar-refractivity contribution is 0.775. The molecule has 2 aromatic rings. The van der Waals surface area contributed by atoms with Crippen LogP contribution in [0.3, 0.4) is 0 Å². The predicted octanol–water partition coefficient (Wildman–Crippen LogP) is 2.24. The first-order valence-electron chi connectivity index (χ1n) is 4.50. The van der Waals surface area contributed by atoms with E-state index in [0.29, 0.717) is 0 Å². The van der Waals surface area contributed by atoms with Gasteiger partial charge in [-0.2, -0.15) is 0 Å². The molecule has 0 aliphatic carbocycles. The van der Waals surface area contributed by atoms with Gasteiger partial charge in [0.1, 0.15) is 5.82 Å². The maximum Gasteiger partial charge on any atom is 0.121 e. The van der Waals surface area contributed by atoms with Crippen molar-refractivity contribution in [3.05, 3.63) is 28.5 Å². The molecule has 74 valence electrons. The van der Waals surface area contributed by atoms with Crippen molar-refractivity contribution in [2.24, 2.45) is 0 Å². The molecule has 3 nitrogen and oxygen atoms in total. The summed E-state index contributed by atoms with van der Waals surface area (Å²) in [5.41, 5.74) is 3.03. The molecule has 2 rings (SSSR count). The predicted molar refractivity (Wildman–Crippen MR) is 58.6 cm³/mol. The van der Waals surface area contributed by atoms with Crippen LogP contribution >= 0.6 is 11.6 Å². The van der Waals surface area contributed by atoms with Crippen molar-refractivity contribution in [2.45, 2.75) is 13.5 Å². The monoisotopic (exact) mass is 209 g/mol. The van der Waals surface area contributed by atoms with Crippen LogP contribution in [-0.2, 0) is 6.54 Å². The highest BCUT2D eigenvalue weighted by Gasteiger charge is 2.06. The van der Waals surface area contributed by atoms with Crippen LogP contribution in [0.25, 0.3) is 11.0 Å². The number of benzene rings is 1. The van der Waals surface area contributed by atoms with Gasteiger partial charge >= 0.3 is 0 Å². The Hall–Kier alpha value is -1.06. The van der Waals surface area contributed by atoms with Crippen molar-refractivity contribution in [3.8, 4) is 0 Å². The first-order valence-corrected chi connectivity index (χ1v) is 4.88. The van der Waals surface area contributed by atoms with Gasteiger partial charge in [-0.1, -0.05) is 11.6 Å². The van der Waals surface area contributed by atoms with E-state index in [1.165, 1.54) is 0 Å². The number of aromatic nitrogens is 2. The zero-order valence-electron chi connectivity index (χ0n) is 8.19. The van der Waals surface area contributed by atoms with Gasteiger partial charge in [0.05, 0.1) is 17.6 Å². The van der Waals surface area contributed by atoms with Crippen molar-refractivity contribution < 1.29 is 0 Å². The number of imidazole rings is 1. The molecule has 0 aliphatic heterocycles. The second-order valence-corrected chi connectivity index (χ2v) is 3.69. The van der Waals surface area contributed by atoms with Gasteiger partial charge in [-0.05, 0) is 31.7 Å². The van der Waals surface area contributed by atoms with E-state index in [-0.39, 0.29) is 0 Å². The number of fused-ring (bicyclic) bond motifs is 1. The van der Waals surface area contributed by atoms with Crippen molar-refractivity contribution in [1.82, 2.24) is 15.3 Å². The van der Waals surface area contributed by atoms with Crippen molar-refractivity contribution >= 4 is 22.6 Å². The summed E-state index contributed by atoms with van der Waals surface area (Å²) >= 11 is 6.00. The van der Waals surface area contributed by atoms with E-state index in [0.717, 1.165) is 34.0 Å². The fourth-order valence-electron chi connectivity index (χ4n) is 1.49. The Morgan fingerprint density at radius 3 is 3.00 bits per heavy atom. The summed E-state index contributed by atoms with van der Waals surface area (Å²) in [6.07, 6.45) is 0. The van der Waals surface area contributed by atoms with Crippen molar-refractivity contribution in [2.75, 3.05) is 7.05 Å². The highest BCUT2D eigenvalue weighted by molar-refractivity contribution is 6.32. The van der Waals surface area contributed by atoms with Crippen LogP contribution in [0.15, 0.2) is 12.1 Å². The average molecular weight is 210 g/mol. The summed E-state index contributed by atoms with van der Waals surface area (Å²) in [5, 5.41) is 3.82. The standard InChI is InChI=1S/C10H12ClN3/c1-6-7(11)3-4-8-10(6)14-9(13-8)5-12-2/h3-4,12H,5H2,1-2H3,(H,13,14). The number of rotatable bonds is 2. The molecule has 14 heavy (non-hydrogen) atoms. The molecular weight excluding hydrogens is 198 g/mol. The quantitative estimate of drug-likeness (QED) is 0.797. The molecule has 0 bridgehead atoms. The van der Waals surface area contributed by atoms with Gasteiger partial charge in [0, 0.05) is 5.02 Å². The molecule has 0 fully saturated rings. The highest BCUT2D eigenvalue weighted by Crippen LogP contribution is 2.23. The lowest BCUT2D eigenvalue weighted by Gasteiger charge is -1.96. The molecule has 0 radical (unpaired) electrons. The molecule has 0 atom stereocenters. The fraction of sp³-hybridized carbons (Fsp3) is 0.300. The third kappa shape index (κ3) is 1.49. The third-order valence-corrected chi connectivity index (χ3v) is 2.64. The number of hydrogen-bond donors (Lipinski definition) is 2. The second kappa shape index (κ2) is 3.59. The summed E-state index contributed by atoms with van der Waals surface area (Å²) in [5.74, 6) is 0.938. The van der Waals surface area contributed by atoms with Crippen molar-refractivity contribution in [1.29, 1.82) is 0 Å². The Labute approximate surface area is 87.5 Å². The molecule has 0 spiro atoms. The number of halogens is 1. The van der Waals surface area contributed by atoms with Crippen LogP contribution in [0.5, 0.6) is 0 Å². The van der Waals surface area contributed by atoms with Gasteiger partial charge in [-0.15, -0.1) is 0 Å². The molecule has 0 saturated carbocycles. The van der Waals surface area contributed by atoms with Gasteiger partial charge in [0.2, 0.25) is 0 Å². The maximum absolute atomic E-state index is 6.00. The third-order valence-electron chi connectivity index (χ3n) is 2.23. The molecule has 1 heterocycles. The van der Waals surface area contributed by atoms with E-state index < -0.39 is 0 Å². The zero-order chi connectivity index (χ0) is 10.1. The van der Waals surface area contributed by atoms with E-state index >= 15 is 0 Å². The van der Waals surface area contributed by atoms with E-state index in [2.05, 4.69) is 15.3 Å². The van der Waals surface area contributed by atoms with Gasteiger partial charge in [0.15, 0.2) is 0 Å². The largest absolute Gasteiger partial charge is 0.341 e. The number of aromatic amines is 1. The van der Waals surface area contributed by atoms with Crippen LogP contribution in [0.1, 0.15) is 11.4 Å². The van der Waals surface area contributed by atoms with Gasteiger partial charge < -0.3 is 10.3 Å². The van der Waals surface area contributed by atoms with Gasteiger partial charge in [-0.3, -0.25) is 0 Å². The zero-order valence-corrected chi connectivity index (χ0v) is 8.94. The smallest absolute Gasteiger partial charge is 0.121 e. The second-order valence-electron chi connectivity index (χ2n) is 3.28. The number of nitrogens with zero attached hydrogens (tertiary/aromatic N) is 1. The van der Waals surface area contributed by atoms with Crippen LogP contribution in [0, 0.1) is 6.92 Å². The van der Waals surface area contributed by atoms with Gasteiger partial charge in [-0.25, -0.2) is 4.98 Å². The molecule has 1 aromatic heterocycles. The SMILES string of the molecule is CNCc1nc2c(C)c(Cl)ccc2[nH]1. The number of nitrogens with one attached hydrogen (secondary N) is 2. The minimum atomic E-state index is 0.742. The average Bonchev–Trinajstić information content (AvgIpc) is 2.56. The van der Waals surface area contributed by atoms with Crippen LogP contribution in [0.2, 0.25) is 5.02 Å². The fourth-order valence-corrected chi connectivity index (χ4v) is 1.64. The lowest BCUT2D eigenvalue weighted by atomic mass is 10.2. The van der Waals surface area contributed by atoms with E-state index in [9.17, 15) is 0 Å². The Kier molecular flexibility index (Phi) is 2.44. The normalized spacial score (nSPS) is 11.1. The minimum absolute atomic E-state index is 0.742. The Balaban J connectivity index is 2.59. The summed E-state index contributed by atoms with van der Waals surface area (Å²) in [7, 11) is 1.90. The summed E-state index contributed by atoms with van der Waals surface area (Å²) in [6.45, 7) is 2.72. The number of H-pyrrole nitrogens is 1. The lowest BCUT2D eigenvalue weighted by Crippen LogP contribution is -2.06. The van der Waals surface area contributed by atoms with E-state index in [1.54, 1.807) is 0 Å². The van der Waals surface area contributed by atoms with Crippen LogP contribution in [-0.4, -0.2) is 17.0 Å². The summed E-state index contributed by atoms with van der Waals surface area (Å²) in [6, 6.07) is 3.84. The maximum atomic E-state index is 6.00. The van der Waals surface area contributed by atoms with Crippen molar-refractivity contribution in [3.63, 3.8) is 0 Å². The summed E-state index contributed by atoms with van der Waals surface area (Å²) < 4.78 is 0. The highest BCUT2D eigenvalue weighted by atomic mass is 35.5. The Morgan fingerprint density at radius 1 is 1.50 bits per heavy atom. The molecule has 2 N–H and O–H groups in total. The van der Waals surface area contributed by atoms with Crippen LogP contribution < -0.4 is 5.32 Å².